The fourth-order valence-corrected chi connectivity index (χ4v) is 2.75. The molecule has 0 fully saturated rings. The molecule has 0 aliphatic rings. The van der Waals surface area contributed by atoms with Crippen LogP contribution in [0.5, 0.6) is 0 Å². The quantitative estimate of drug-likeness (QED) is 0.600. The Morgan fingerprint density at radius 2 is 1.83 bits per heavy atom. The van der Waals surface area contributed by atoms with Gasteiger partial charge in [0.2, 0.25) is 0 Å². The van der Waals surface area contributed by atoms with E-state index in [4.69, 9.17) is 20.9 Å². The van der Waals surface area contributed by atoms with E-state index in [2.05, 4.69) is 14.5 Å². The molecule has 0 radical (unpaired) electrons. The van der Waals surface area contributed by atoms with E-state index < -0.39 is 0 Å². The van der Waals surface area contributed by atoms with E-state index in [1.807, 2.05) is 25.1 Å². The lowest BCUT2D eigenvalue weighted by atomic mass is 10.1. The molecule has 0 unspecified atom stereocenters. The zero-order valence-corrected chi connectivity index (χ0v) is 13.1. The zero-order valence-electron chi connectivity index (χ0n) is 13.1. The van der Waals surface area contributed by atoms with Crippen molar-refractivity contribution in [3.63, 3.8) is 0 Å². The highest BCUT2D eigenvalue weighted by Crippen LogP contribution is 2.24. The van der Waals surface area contributed by atoms with Crippen LogP contribution in [0.15, 0.2) is 47.3 Å². The van der Waals surface area contributed by atoms with Crippen molar-refractivity contribution in [3.05, 3.63) is 54.2 Å². The molecule has 0 atom stereocenters. The number of anilines is 2. The van der Waals surface area contributed by atoms with Gasteiger partial charge in [-0.3, -0.25) is 0 Å². The van der Waals surface area contributed by atoms with Crippen molar-refractivity contribution in [2.45, 2.75) is 13.5 Å². The van der Waals surface area contributed by atoms with Crippen molar-refractivity contribution in [3.8, 4) is 11.3 Å². The van der Waals surface area contributed by atoms with Crippen molar-refractivity contribution >= 4 is 22.8 Å². The molecular formula is C17H16N6O. The van der Waals surface area contributed by atoms with E-state index >= 15 is 0 Å². The highest BCUT2D eigenvalue weighted by molar-refractivity contribution is 5.77. The molecule has 24 heavy (non-hydrogen) atoms. The first kappa shape index (κ1) is 14.3. The number of nitrogen functional groups attached to an aromatic ring is 2. The zero-order chi connectivity index (χ0) is 16.7. The summed E-state index contributed by atoms with van der Waals surface area (Å²) < 4.78 is 7.20. The highest BCUT2D eigenvalue weighted by atomic mass is 16.3. The van der Waals surface area contributed by atoms with Gasteiger partial charge in [-0.05, 0) is 37.3 Å². The summed E-state index contributed by atoms with van der Waals surface area (Å²) in [5, 5.41) is 0. The monoisotopic (exact) mass is 320 g/mol. The van der Waals surface area contributed by atoms with Crippen LogP contribution in [0, 0.1) is 6.92 Å². The van der Waals surface area contributed by atoms with Crippen LogP contribution in [-0.2, 0) is 6.54 Å². The summed E-state index contributed by atoms with van der Waals surface area (Å²) >= 11 is 0. The predicted octanol–water partition coefficient (Wildman–Crippen LogP) is 2.61. The van der Waals surface area contributed by atoms with Crippen LogP contribution in [0.2, 0.25) is 0 Å². The molecule has 0 spiro atoms. The highest BCUT2D eigenvalue weighted by Gasteiger charge is 2.12. The van der Waals surface area contributed by atoms with Crippen LogP contribution < -0.4 is 11.5 Å². The van der Waals surface area contributed by atoms with Crippen LogP contribution in [0.25, 0.3) is 22.4 Å². The SMILES string of the molecule is Cc1nc2ccc(-c3cc(N)nc(N)c3)nc2n1Cc1ccoc1. The molecule has 7 nitrogen and oxygen atoms in total. The number of pyridine rings is 2. The molecule has 0 aliphatic carbocycles. The molecule has 0 bridgehead atoms. The number of aryl methyl sites for hydroxylation is 1. The van der Waals surface area contributed by atoms with E-state index in [0.29, 0.717) is 18.2 Å². The predicted molar refractivity (Wildman–Crippen MR) is 92.1 cm³/mol. The summed E-state index contributed by atoms with van der Waals surface area (Å²) in [5.74, 6) is 1.63. The van der Waals surface area contributed by atoms with Crippen molar-refractivity contribution in [2.24, 2.45) is 0 Å². The van der Waals surface area contributed by atoms with Crippen LogP contribution >= 0.6 is 0 Å². The third kappa shape index (κ3) is 2.45. The molecule has 4 aromatic heterocycles. The Kier molecular flexibility index (Phi) is 3.19. The molecular weight excluding hydrogens is 304 g/mol. The molecule has 0 amide bonds. The first-order chi connectivity index (χ1) is 11.6. The van der Waals surface area contributed by atoms with E-state index in [9.17, 15) is 0 Å². The number of aromatic nitrogens is 4. The second kappa shape index (κ2) is 5.38. The Hall–Kier alpha value is -3.35. The summed E-state index contributed by atoms with van der Waals surface area (Å²) in [5.41, 5.74) is 15.9. The third-order valence-electron chi connectivity index (χ3n) is 3.86. The summed E-state index contributed by atoms with van der Waals surface area (Å²) in [7, 11) is 0. The largest absolute Gasteiger partial charge is 0.472 e. The summed E-state index contributed by atoms with van der Waals surface area (Å²) in [4.78, 5) is 13.3. The Morgan fingerprint density at radius 3 is 2.54 bits per heavy atom. The van der Waals surface area contributed by atoms with E-state index in [0.717, 1.165) is 33.8 Å². The maximum atomic E-state index is 5.79. The molecule has 4 N–H and O–H groups in total. The topological polar surface area (TPSA) is 109 Å². The van der Waals surface area contributed by atoms with Gasteiger partial charge in [0, 0.05) is 11.1 Å². The fraction of sp³-hybridized carbons (Fsp3) is 0.118. The van der Waals surface area contributed by atoms with Crippen LogP contribution in [0.1, 0.15) is 11.4 Å². The van der Waals surface area contributed by atoms with Crippen molar-refractivity contribution in [1.82, 2.24) is 19.5 Å². The first-order valence-electron chi connectivity index (χ1n) is 7.48. The lowest BCUT2D eigenvalue weighted by Gasteiger charge is -2.07. The minimum atomic E-state index is 0.370. The van der Waals surface area contributed by atoms with Gasteiger partial charge in [-0.2, -0.15) is 0 Å². The van der Waals surface area contributed by atoms with Gasteiger partial charge in [0.1, 0.15) is 23.0 Å². The number of hydrogen-bond acceptors (Lipinski definition) is 6. The standard InChI is InChI=1S/C17H16N6O/c1-10-20-14-3-2-13(12-6-15(18)22-16(19)7-12)21-17(14)23(10)8-11-4-5-24-9-11/h2-7,9H,8H2,1H3,(H4,18,19,22). The van der Waals surface area contributed by atoms with Gasteiger partial charge >= 0.3 is 0 Å². The maximum absolute atomic E-state index is 5.79. The Labute approximate surface area is 138 Å². The fourth-order valence-electron chi connectivity index (χ4n) is 2.75. The smallest absolute Gasteiger partial charge is 0.160 e. The number of hydrogen-bond donors (Lipinski definition) is 2. The molecule has 0 saturated heterocycles. The Balaban J connectivity index is 1.84. The molecule has 0 saturated carbocycles. The van der Waals surface area contributed by atoms with E-state index in [1.165, 1.54) is 0 Å². The Morgan fingerprint density at radius 1 is 1.04 bits per heavy atom. The van der Waals surface area contributed by atoms with Crippen molar-refractivity contribution < 1.29 is 4.42 Å². The summed E-state index contributed by atoms with van der Waals surface area (Å²) in [6.45, 7) is 2.61. The van der Waals surface area contributed by atoms with Crippen molar-refractivity contribution in [1.29, 1.82) is 0 Å². The summed E-state index contributed by atoms with van der Waals surface area (Å²) in [6.07, 6.45) is 3.38. The van der Waals surface area contributed by atoms with E-state index in [-0.39, 0.29) is 0 Å². The molecule has 7 heteroatoms. The van der Waals surface area contributed by atoms with Gasteiger partial charge in [-0.25, -0.2) is 15.0 Å². The number of fused-ring (bicyclic) bond motifs is 1. The first-order valence-corrected chi connectivity index (χ1v) is 7.48. The number of furan rings is 1. The van der Waals surface area contributed by atoms with Crippen LogP contribution in [0.3, 0.4) is 0 Å². The Bertz CT molecular complexity index is 999. The van der Waals surface area contributed by atoms with Gasteiger partial charge in [-0.15, -0.1) is 0 Å². The van der Waals surface area contributed by atoms with Gasteiger partial charge in [0.15, 0.2) is 5.65 Å². The van der Waals surface area contributed by atoms with Gasteiger partial charge in [0.05, 0.1) is 24.8 Å². The molecule has 120 valence electrons. The molecule has 0 aliphatic heterocycles. The lowest BCUT2D eigenvalue weighted by Crippen LogP contribution is -2.02. The number of imidazole rings is 1. The van der Waals surface area contributed by atoms with Crippen LogP contribution in [0.4, 0.5) is 11.6 Å². The van der Waals surface area contributed by atoms with Crippen molar-refractivity contribution in [2.75, 3.05) is 11.5 Å². The van der Waals surface area contributed by atoms with Gasteiger partial charge in [0.25, 0.3) is 0 Å². The minimum absolute atomic E-state index is 0.370. The average molecular weight is 320 g/mol. The number of nitrogens with two attached hydrogens (primary N) is 2. The maximum Gasteiger partial charge on any atom is 0.160 e. The molecule has 4 heterocycles. The third-order valence-corrected chi connectivity index (χ3v) is 3.86. The lowest BCUT2D eigenvalue weighted by molar-refractivity contribution is 0.562. The van der Waals surface area contributed by atoms with Crippen LogP contribution in [-0.4, -0.2) is 19.5 Å². The van der Waals surface area contributed by atoms with Gasteiger partial charge < -0.3 is 20.5 Å². The number of rotatable bonds is 3. The molecule has 4 aromatic rings. The van der Waals surface area contributed by atoms with Gasteiger partial charge in [-0.1, -0.05) is 0 Å². The normalized spacial score (nSPS) is 11.2. The molecule has 4 rings (SSSR count). The number of nitrogens with zero attached hydrogens (tertiary/aromatic N) is 4. The second-order valence-corrected chi connectivity index (χ2v) is 5.62. The summed E-state index contributed by atoms with van der Waals surface area (Å²) in [6, 6.07) is 9.30. The van der Waals surface area contributed by atoms with E-state index in [1.54, 1.807) is 24.7 Å². The minimum Gasteiger partial charge on any atom is -0.472 e. The second-order valence-electron chi connectivity index (χ2n) is 5.62. The molecule has 0 aromatic carbocycles. The average Bonchev–Trinajstić information content (AvgIpc) is 3.15.